The van der Waals surface area contributed by atoms with Crippen molar-refractivity contribution in [3.8, 4) is 6.07 Å². The number of esters is 1. The van der Waals surface area contributed by atoms with E-state index in [0.717, 1.165) is 0 Å². The number of carbonyl (C=O) groups is 2. The van der Waals surface area contributed by atoms with E-state index in [0.29, 0.717) is 0 Å². The Hall–Kier alpha value is -1.67. The quantitative estimate of drug-likeness (QED) is 0.354. The summed E-state index contributed by atoms with van der Waals surface area (Å²) in [6.45, 7) is 2.41. The Balaban J connectivity index is 3.67. The van der Waals surface area contributed by atoms with Crippen LogP contribution in [0.4, 0.5) is 0 Å². The van der Waals surface area contributed by atoms with Crippen molar-refractivity contribution >= 4 is 11.8 Å². The number of aliphatic hydroxyl groups is 1. The molecule has 0 aromatic heterocycles. The third-order valence-corrected chi connectivity index (χ3v) is 1.17. The second-order valence-corrected chi connectivity index (χ2v) is 2.17. The van der Waals surface area contributed by atoms with Crippen LogP contribution in [0.15, 0.2) is 12.2 Å². The van der Waals surface area contributed by atoms with Crippen molar-refractivity contribution in [1.82, 2.24) is 0 Å². The van der Waals surface area contributed by atoms with Crippen molar-refractivity contribution in [3.05, 3.63) is 12.2 Å². The minimum atomic E-state index is -0.840. The fourth-order valence-corrected chi connectivity index (χ4v) is 0.469. The van der Waals surface area contributed by atoms with Gasteiger partial charge < -0.3 is 9.84 Å². The van der Waals surface area contributed by atoms with Gasteiger partial charge in [0.15, 0.2) is 5.78 Å². The van der Waals surface area contributed by atoms with Crippen LogP contribution in [0.5, 0.6) is 0 Å². The summed E-state index contributed by atoms with van der Waals surface area (Å²) >= 11 is 0. The first-order chi connectivity index (χ1) is 6.11. The lowest BCUT2D eigenvalue weighted by atomic mass is 10.3. The maximum absolute atomic E-state index is 10.7. The molecule has 0 saturated heterocycles. The highest BCUT2D eigenvalue weighted by Crippen LogP contribution is 1.93. The number of ketones is 1. The molecule has 0 aliphatic rings. The van der Waals surface area contributed by atoms with E-state index < -0.39 is 18.4 Å². The lowest BCUT2D eigenvalue weighted by Gasteiger charge is -2.00. The SMILES string of the molecule is C=C(C#N)C(=O)OCCC(=O)CO. The van der Waals surface area contributed by atoms with Crippen LogP contribution in [-0.2, 0) is 14.3 Å². The lowest BCUT2D eigenvalue weighted by molar-refractivity contribution is -0.139. The monoisotopic (exact) mass is 183 g/mol. The largest absolute Gasteiger partial charge is 0.461 e. The Morgan fingerprint density at radius 2 is 2.15 bits per heavy atom. The molecule has 0 aliphatic carbocycles. The predicted molar refractivity (Wildman–Crippen MR) is 42.4 cm³/mol. The van der Waals surface area contributed by atoms with Gasteiger partial charge in [-0.2, -0.15) is 5.26 Å². The van der Waals surface area contributed by atoms with Crippen molar-refractivity contribution in [2.24, 2.45) is 0 Å². The zero-order valence-electron chi connectivity index (χ0n) is 6.95. The van der Waals surface area contributed by atoms with E-state index in [9.17, 15) is 9.59 Å². The van der Waals surface area contributed by atoms with Crippen molar-refractivity contribution in [2.75, 3.05) is 13.2 Å². The summed E-state index contributed by atoms with van der Waals surface area (Å²) < 4.78 is 4.47. The topological polar surface area (TPSA) is 87.4 Å². The van der Waals surface area contributed by atoms with E-state index in [2.05, 4.69) is 11.3 Å². The van der Waals surface area contributed by atoms with Gasteiger partial charge in [-0.3, -0.25) is 4.79 Å². The van der Waals surface area contributed by atoms with Crippen LogP contribution >= 0.6 is 0 Å². The standard InChI is InChI=1S/C8H9NO4/c1-6(4-9)8(12)13-3-2-7(11)5-10/h10H,1-3,5H2. The van der Waals surface area contributed by atoms with E-state index >= 15 is 0 Å². The van der Waals surface area contributed by atoms with Gasteiger partial charge in [0.2, 0.25) is 0 Å². The summed E-state index contributed by atoms with van der Waals surface area (Å²) in [5.41, 5.74) is -0.309. The summed E-state index contributed by atoms with van der Waals surface area (Å²) in [6, 6.07) is 1.51. The highest BCUT2D eigenvalue weighted by molar-refractivity contribution is 5.92. The molecule has 0 saturated carbocycles. The van der Waals surface area contributed by atoms with Crippen LogP contribution in [0.1, 0.15) is 6.42 Å². The molecule has 0 fully saturated rings. The zero-order valence-corrected chi connectivity index (χ0v) is 6.95. The number of nitriles is 1. The molecular weight excluding hydrogens is 174 g/mol. The Labute approximate surface area is 75.2 Å². The van der Waals surface area contributed by atoms with Crippen LogP contribution < -0.4 is 0 Å². The molecule has 5 nitrogen and oxygen atoms in total. The molecule has 5 heteroatoms. The molecule has 0 amide bonds. The normalized spacial score (nSPS) is 8.62. The number of hydrogen-bond donors (Lipinski definition) is 1. The van der Waals surface area contributed by atoms with E-state index in [1.807, 2.05) is 0 Å². The predicted octanol–water partition coefficient (Wildman–Crippen LogP) is -0.439. The summed E-state index contributed by atoms with van der Waals surface area (Å²) in [7, 11) is 0. The molecule has 0 heterocycles. The molecule has 0 rings (SSSR count). The van der Waals surface area contributed by atoms with Gasteiger partial charge in [-0.25, -0.2) is 4.79 Å². The Bertz CT molecular complexity index is 264. The fourth-order valence-electron chi connectivity index (χ4n) is 0.469. The molecule has 0 unspecified atom stereocenters. The number of Topliss-reactive ketones (excluding diaryl/α,β-unsaturated/α-hetero) is 1. The molecule has 0 bridgehead atoms. The smallest absolute Gasteiger partial charge is 0.348 e. The molecule has 0 atom stereocenters. The molecule has 0 aromatic carbocycles. The van der Waals surface area contributed by atoms with Crippen molar-refractivity contribution < 1.29 is 19.4 Å². The second kappa shape index (κ2) is 5.91. The number of ether oxygens (including phenoxy) is 1. The van der Waals surface area contributed by atoms with Gasteiger partial charge in [-0.1, -0.05) is 6.58 Å². The van der Waals surface area contributed by atoms with Crippen molar-refractivity contribution in [2.45, 2.75) is 6.42 Å². The number of nitrogens with zero attached hydrogens (tertiary/aromatic N) is 1. The summed E-state index contributed by atoms with van der Waals surface area (Å²) in [5, 5.41) is 16.5. The molecule has 0 aromatic rings. The van der Waals surface area contributed by atoms with Crippen LogP contribution in [0, 0.1) is 11.3 Å². The Morgan fingerprint density at radius 3 is 2.62 bits per heavy atom. The number of aliphatic hydroxyl groups excluding tert-OH is 1. The summed E-state index contributed by atoms with van der Waals surface area (Å²) in [4.78, 5) is 21.2. The highest BCUT2D eigenvalue weighted by Gasteiger charge is 2.07. The summed E-state index contributed by atoms with van der Waals surface area (Å²) in [6.07, 6.45) is -0.0546. The van der Waals surface area contributed by atoms with Crippen LogP contribution in [0.3, 0.4) is 0 Å². The van der Waals surface area contributed by atoms with E-state index in [1.54, 1.807) is 0 Å². The maximum atomic E-state index is 10.7. The van der Waals surface area contributed by atoms with Gasteiger partial charge in [0.05, 0.1) is 6.61 Å². The van der Waals surface area contributed by atoms with Crippen molar-refractivity contribution in [3.63, 3.8) is 0 Å². The molecule has 1 N–H and O–H groups in total. The van der Waals surface area contributed by atoms with Gasteiger partial charge in [-0.05, 0) is 0 Å². The molecule has 0 spiro atoms. The van der Waals surface area contributed by atoms with Gasteiger partial charge in [0.25, 0.3) is 0 Å². The minimum Gasteiger partial charge on any atom is -0.461 e. The van der Waals surface area contributed by atoms with Crippen LogP contribution in [-0.4, -0.2) is 30.1 Å². The third kappa shape index (κ3) is 4.71. The average Bonchev–Trinajstić information content (AvgIpc) is 2.15. The van der Waals surface area contributed by atoms with Gasteiger partial charge in [-0.15, -0.1) is 0 Å². The van der Waals surface area contributed by atoms with Crippen molar-refractivity contribution in [1.29, 1.82) is 5.26 Å². The fraction of sp³-hybridized carbons (Fsp3) is 0.375. The first kappa shape index (κ1) is 11.3. The van der Waals surface area contributed by atoms with Gasteiger partial charge in [0.1, 0.15) is 18.2 Å². The Kier molecular flexibility index (Phi) is 5.15. The first-order valence-corrected chi connectivity index (χ1v) is 3.50. The summed E-state index contributed by atoms with van der Waals surface area (Å²) in [5.74, 6) is -1.26. The highest BCUT2D eigenvalue weighted by atomic mass is 16.5. The lowest BCUT2D eigenvalue weighted by Crippen LogP contribution is -2.12. The van der Waals surface area contributed by atoms with Gasteiger partial charge in [0, 0.05) is 6.42 Å². The number of hydrogen-bond acceptors (Lipinski definition) is 5. The van der Waals surface area contributed by atoms with Crippen LogP contribution in [0.25, 0.3) is 0 Å². The molecule has 0 radical (unpaired) electrons. The van der Waals surface area contributed by atoms with E-state index in [1.165, 1.54) is 6.07 Å². The second-order valence-electron chi connectivity index (χ2n) is 2.17. The average molecular weight is 183 g/mol. The minimum absolute atomic E-state index is 0.0546. The molecular formula is C8H9NO4. The maximum Gasteiger partial charge on any atom is 0.348 e. The van der Waals surface area contributed by atoms with E-state index in [-0.39, 0.29) is 18.6 Å². The zero-order chi connectivity index (χ0) is 10.3. The Morgan fingerprint density at radius 1 is 1.54 bits per heavy atom. The first-order valence-electron chi connectivity index (χ1n) is 3.50. The molecule has 0 aliphatic heterocycles. The molecule has 70 valence electrons. The van der Waals surface area contributed by atoms with Gasteiger partial charge >= 0.3 is 5.97 Å². The van der Waals surface area contributed by atoms with E-state index in [4.69, 9.17) is 10.4 Å². The number of rotatable bonds is 5. The number of carbonyl (C=O) groups excluding carboxylic acids is 2. The molecule has 13 heavy (non-hydrogen) atoms. The third-order valence-electron chi connectivity index (χ3n) is 1.17. The van der Waals surface area contributed by atoms with Crippen LogP contribution in [0.2, 0.25) is 0 Å².